The minimum atomic E-state index is -0.401. The lowest BCUT2D eigenvalue weighted by atomic mass is 10.2. The SMILES string of the molecule is COc1ccc(NC(=O)CSc2nnc(-c3cccc(F)c3)n2N)cc1Cl. The van der Waals surface area contributed by atoms with E-state index in [4.69, 9.17) is 22.2 Å². The highest BCUT2D eigenvalue weighted by Crippen LogP contribution is 2.27. The topological polar surface area (TPSA) is 95.1 Å². The van der Waals surface area contributed by atoms with Crippen LogP contribution in [0.2, 0.25) is 5.02 Å². The predicted molar refractivity (Wildman–Crippen MR) is 103 cm³/mol. The van der Waals surface area contributed by atoms with E-state index in [0.29, 0.717) is 33.0 Å². The normalized spacial score (nSPS) is 10.6. The number of nitrogen functional groups attached to an aromatic ring is 1. The summed E-state index contributed by atoms with van der Waals surface area (Å²) in [5, 5.41) is 11.4. The van der Waals surface area contributed by atoms with Crippen molar-refractivity contribution < 1.29 is 13.9 Å². The summed E-state index contributed by atoms with van der Waals surface area (Å²) < 4.78 is 19.6. The number of nitrogens with two attached hydrogens (primary N) is 1. The van der Waals surface area contributed by atoms with Crippen molar-refractivity contribution in [2.45, 2.75) is 5.16 Å². The van der Waals surface area contributed by atoms with Gasteiger partial charge >= 0.3 is 0 Å². The Kier molecular flexibility index (Phi) is 5.82. The van der Waals surface area contributed by atoms with E-state index in [0.717, 1.165) is 11.8 Å². The summed E-state index contributed by atoms with van der Waals surface area (Å²) in [5.41, 5.74) is 1.04. The van der Waals surface area contributed by atoms with Crippen molar-refractivity contribution in [2.75, 3.05) is 24.0 Å². The summed E-state index contributed by atoms with van der Waals surface area (Å²) >= 11 is 7.14. The largest absolute Gasteiger partial charge is 0.495 e. The van der Waals surface area contributed by atoms with Crippen LogP contribution in [0.3, 0.4) is 0 Å². The summed E-state index contributed by atoms with van der Waals surface area (Å²) in [4.78, 5) is 12.1. The number of aromatic nitrogens is 3. The van der Waals surface area contributed by atoms with Crippen LogP contribution in [0.5, 0.6) is 5.75 Å². The van der Waals surface area contributed by atoms with Crippen molar-refractivity contribution in [3.63, 3.8) is 0 Å². The van der Waals surface area contributed by atoms with Crippen molar-refractivity contribution in [1.82, 2.24) is 14.9 Å². The summed E-state index contributed by atoms with van der Waals surface area (Å²) in [7, 11) is 1.51. The number of nitrogens with zero attached hydrogens (tertiary/aromatic N) is 3. The molecule has 0 fully saturated rings. The van der Waals surface area contributed by atoms with Gasteiger partial charge in [-0.2, -0.15) is 0 Å². The van der Waals surface area contributed by atoms with Crippen molar-refractivity contribution in [3.8, 4) is 17.1 Å². The van der Waals surface area contributed by atoms with Gasteiger partial charge in [-0.05, 0) is 30.3 Å². The summed E-state index contributed by atoms with van der Waals surface area (Å²) in [6, 6.07) is 10.8. The molecule has 2 aromatic carbocycles. The summed E-state index contributed by atoms with van der Waals surface area (Å²) in [5.74, 6) is 6.17. The zero-order valence-corrected chi connectivity index (χ0v) is 15.7. The number of nitrogens with one attached hydrogen (secondary N) is 1. The van der Waals surface area contributed by atoms with Crippen molar-refractivity contribution in [2.24, 2.45) is 0 Å². The molecule has 0 aliphatic heterocycles. The number of hydrogen-bond donors (Lipinski definition) is 2. The zero-order chi connectivity index (χ0) is 19.4. The van der Waals surface area contributed by atoms with Gasteiger partial charge in [0.1, 0.15) is 11.6 Å². The lowest BCUT2D eigenvalue weighted by Gasteiger charge is -2.08. The van der Waals surface area contributed by atoms with Crippen molar-refractivity contribution >= 4 is 35.0 Å². The molecule has 0 bridgehead atoms. The van der Waals surface area contributed by atoms with E-state index in [1.807, 2.05) is 0 Å². The second kappa shape index (κ2) is 8.28. The Morgan fingerprint density at radius 2 is 2.15 bits per heavy atom. The molecule has 27 heavy (non-hydrogen) atoms. The van der Waals surface area contributed by atoms with E-state index in [9.17, 15) is 9.18 Å². The summed E-state index contributed by atoms with van der Waals surface area (Å²) in [6.45, 7) is 0. The van der Waals surface area contributed by atoms with E-state index in [-0.39, 0.29) is 11.7 Å². The highest BCUT2D eigenvalue weighted by atomic mass is 35.5. The number of anilines is 1. The second-order valence-electron chi connectivity index (χ2n) is 5.37. The van der Waals surface area contributed by atoms with Gasteiger partial charge in [0.2, 0.25) is 11.1 Å². The first-order chi connectivity index (χ1) is 13.0. The van der Waals surface area contributed by atoms with Crippen LogP contribution in [0.25, 0.3) is 11.4 Å². The third-order valence-corrected chi connectivity index (χ3v) is 4.75. The highest BCUT2D eigenvalue weighted by molar-refractivity contribution is 7.99. The number of hydrogen-bond acceptors (Lipinski definition) is 6. The van der Waals surface area contributed by atoms with E-state index in [1.54, 1.807) is 30.3 Å². The van der Waals surface area contributed by atoms with Gasteiger partial charge in [-0.25, -0.2) is 9.07 Å². The fourth-order valence-corrected chi connectivity index (χ4v) is 3.19. The van der Waals surface area contributed by atoms with Gasteiger partial charge in [0.05, 0.1) is 17.9 Å². The Labute approximate surface area is 163 Å². The van der Waals surface area contributed by atoms with E-state index in [2.05, 4.69) is 15.5 Å². The second-order valence-corrected chi connectivity index (χ2v) is 6.72. The Morgan fingerprint density at radius 3 is 2.85 bits per heavy atom. The first-order valence-corrected chi connectivity index (χ1v) is 9.07. The molecule has 140 valence electrons. The molecule has 1 heterocycles. The van der Waals surface area contributed by atoms with E-state index >= 15 is 0 Å². The number of rotatable bonds is 6. The smallest absolute Gasteiger partial charge is 0.234 e. The fraction of sp³-hybridized carbons (Fsp3) is 0.118. The fourth-order valence-electron chi connectivity index (χ4n) is 2.27. The number of benzene rings is 2. The maximum absolute atomic E-state index is 13.4. The number of amides is 1. The molecule has 1 aromatic heterocycles. The van der Waals surface area contributed by atoms with Crippen LogP contribution in [-0.2, 0) is 4.79 Å². The van der Waals surface area contributed by atoms with Gasteiger partial charge in [0.15, 0.2) is 5.82 Å². The van der Waals surface area contributed by atoms with Crippen molar-refractivity contribution in [3.05, 3.63) is 53.3 Å². The molecule has 3 rings (SSSR count). The molecule has 0 spiro atoms. The van der Waals surface area contributed by atoms with Crippen LogP contribution in [-0.4, -0.2) is 33.6 Å². The summed E-state index contributed by atoms with van der Waals surface area (Å²) in [6.07, 6.45) is 0. The average molecular weight is 408 g/mol. The molecular formula is C17H15ClFN5O2S. The standard InChI is InChI=1S/C17H15ClFN5O2S/c1-26-14-6-5-12(8-13(14)18)21-15(25)9-27-17-23-22-16(24(17)20)10-3-2-4-11(19)7-10/h2-8H,9,20H2,1H3,(H,21,25). The van der Waals surface area contributed by atoms with Crippen LogP contribution < -0.4 is 15.9 Å². The third-order valence-electron chi connectivity index (χ3n) is 3.52. The first-order valence-electron chi connectivity index (χ1n) is 7.70. The lowest BCUT2D eigenvalue weighted by molar-refractivity contribution is -0.113. The molecule has 1 amide bonds. The average Bonchev–Trinajstić information content (AvgIpc) is 3.01. The number of ether oxygens (including phenoxy) is 1. The molecule has 0 aliphatic carbocycles. The van der Waals surface area contributed by atoms with Crippen LogP contribution in [0, 0.1) is 5.82 Å². The minimum absolute atomic E-state index is 0.0577. The molecular weight excluding hydrogens is 393 g/mol. The Hall–Kier alpha value is -2.78. The first kappa shape index (κ1) is 19.0. The van der Waals surface area contributed by atoms with Gasteiger partial charge < -0.3 is 15.9 Å². The number of halogens is 2. The quantitative estimate of drug-likeness (QED) is 0.481. The number of methoxy groups -OCH3 is 1. The van der Waals surface area contributed by atoms with E-state index < -0.39 is 5.82 Å². The van der Waals surface area contributed by atoms with E-state index in [1.165, 1.54) is 23.9 Å². The van der Waals surface area contributed by atoms with Gasteiger partial charge in [0, 0.05) is 11.3 Å². The maximum Gasteiger partial charge on any atom is 0.234 e. The third kappa shape index (κ3) is 4.50. The Balaban J connectivity index is 1.63. The van der Waals surface area contributed by atoms with Crippen LogP contribution in [0.4, 0.5) is 10.1 Å². The zero-order valence-electron chi connectivity index (χ0n) is 14.1. The number of thioether (sulfide) groups is 1. The monoisotopic (exact) mass is 407 g/mol. The minimum Gasteiger partial charge on any atom is -0.495 e. The number of carbonyl (C=O) groups excluding carboxylic acids is 1. The van der Waals surface area contributed by atoms with Gasteiger partial charge in [-0.1, -0.05) is 35.5 Å². The van der Waals surface area contributed by atoms with Crippen LogP contribution in [0.15, 0.2) is 47.6 Å². The molecule has 0 saturated heterocycles. The Morgan fingerprint density at radius 1 is 1.33 bits per heavy atom. The molecule has 3 N–H and O–H groups in total. The van der Waals surface area contributed by atoms with Gasteiger partial charge in [-0.3, -0.25) is 4.79 Å². The molecule has 10 heteroatoms. The molecule has 0 radical (unpaired) electrons. The Bertz CT molecular complexity index is 982. The predicted octanol–water partition coefficient (Wildman–Crippen LogP) is 3.19. The van der Waals surface area contributed by atoms with Crippen LogP contribution in [0.1, 0.15) is 0 Å². The lowest BCUT2D eigenvalue weighted by Crippen LogP contribution is -2.16. The van der Waals surface area contributed by atoms with Crippen LogP contribution >= 0.6 is 23.4 Å². The molecule has 0 atom stereocenters. The van der Waals surface area contributed by atoms with Gasteiger partial charge in [0.25, 0.3) is 0 Å². The maximum atomic E-state index is 13.4. The number of carbonyl (C=O) groups is 1. The molecule has 0 saturated carbocycles. The van der Waals surface area contributed by atoms with Gasteiger partial charge in [-0.15, -0.1) is 10.2 Å². The molecule has 0 unspecified atom stereocenters. The molecule has 3 aromatic rings. The molecule has 0 aliphatic rings. The highest BCUT2D eigenvalue weighted by Gasteiger charge is 2.14. The van der Waals surface area contributed by atoms with Crippen molar-refractivity contribution in [1.29, 1.82) is 0 Å². The molecule has 7 nitrogen and oxygen atoms in total.